The first-order valence-corrected chi connectivity index (χ1v) is 4.91. The fourth-order valence-electron chi connectivity index (χ4n) is 1.16. The highest BCUT2D eigenvalue weighted by Gasteiger charge is 2.14. The van der Waals surface area contributed by atoms with Gasteiger partial charge in [-0.25, -0.2) is 4.39 Å². The Hall–Kier alpha value is -1.34. The molecule has 1 heterocycles. The van der Waals surface area contributed by atoms with E-state index in [-0.39, 0.29) is 5.82 Å². The van der Waals surface area contributed by atoms with Crippen LogP contribution in [0.25, 0.3) is 0 Å². The molecule has 3 N–H and O–H groups in total. The van der Waals surface area contributed by atoms with Crippen molar-refractivity contribution < 1.29 is 4.39 Å². The van der Waals surface area contributed by atoms with Gasteiger partial charge >= 0.3 is 0 Å². The van der Waals surface area contributed by atoms with E-state index in [1.54, 1.807) is 12.1 Å². The molecular formula is C8H7BrFN5. The number of benzene rings is 1. The van der Waals surface area contributed by atoms with E-state index < -0.39 is 6.04 Å². The molecule has 0 radical (unpaired) electrons. The molecule has 2 aromatic rings. The van der Waals surface area contributed by atoms with Crippen LogP contribution < -0.4 is 5.73 Å². The molecule has 0 saturated heterocycles. The molecule has 1 aromatic carbocycles. The summed E-state index contributed by atoms with van der Waals surface area (Å²) in [5.41, 5.74) is 6.56. The minimum Gasteiger partial charge on any atom is -0.318 e. The molecule has 1 aromatic heterocycles. The van der Waals surface area contributed by atoms with Crippen LogP contribution in [-0.2, 0) is 0 Å². The summed E-state index contributed by atoms with van der Waals surface area (Å²) in [4.78, 5) is 0. The predicted molar refractivity (Wildman–Crippen MR) is 54.3 cm³/mol. The van der Waals surface area contributed by atoms with Gasteiger partial charge in [0.2, 0.25) is 0 Å². The predicted octanol–water partition coefficient (Wildman–Crippen LogP) is 1.15. The van der Waals surface area contributed by atoms with Crippen molar-refractivity contribution in [3.63, 3.8) is 0 Å². The Labute approximate surface area is 93.0 Å². The molecule has 0 aliphatic heterocycles. The Morgan fingerprint density at radius 2 is 2.27 bits per heavy atom. The second-order valence-electron chi connectivity index (χ2n) is 2.92. The monoisotopic (exact) mass is 271 g/mol. The molecule has 1 atom stereocenters. The van der Waals surface area contributed by atoms with E-state index in [1.165, 1.54) is 6.07 Å². The number of hydrogen-bond donors (Lipinski definition) is 2. The van der Waals surface area contributed by atoms with E-state index in [1.807, 2.05) is 0 Å². The fraction of sp³-hybridized carbons (Fsp3) is 0.125. The zero-order valence-corrected chi connectivity index (χ0v) is 9.07. The third kappa shape index (κ3) is 2.02. The summed E-state index contributed by atoms with van der Waals surface area (Å²) in [5, 5.41) is 13.2. The second kappa shape index (κ2) is 4.03. The maximum atomic E-state index is 13.0. The van der Waals surface area contributed by atoms with E-state index in [4.69, 9.17) is 5.73 Å². The molecule has 1 unspecified atom stereocenters. The van der Waals surface area contributed by atoms with Crippen LogP contribution in [0.1, 0.15) is 17.4 Å². The molecule has 0 aliphatic rings. The zero-order chi connectivity index (χ0) is 10.8. The Bertz CT molecular complexity index is 458. The van der Waals surface area contributed by atoms with E-state index >= 15 is 0 Å². The van der Waals surface area contributed by atoms with Gasteiger partial charge in [-0.05, 0) is 33.6 Å². The van der Waals surface area contributed by atoms with Crippen LogP contribution >= 0.6 is 15.9 Å². The molecule has 7 heteroatoms. The summed E-state index contributed by atoms with van der Waals surface area (Å²) in [6.07, 6.45) is 0. The number of aromatic nitrogens is 4. The normalized spacial score (nSPS) is 12.7. The van der Waals surface area contributed by atoms with Crippen LogP contribution in [0.5, 0.6) is 0 Å². The minimum atomic E-state index is -0.513. The summed E-state index contributed by atoms with van der Waals surface area (Å²) >= 11 is 3.08. The van der Waals surface area contributed by atoms with Crippen molar-refractivity contribution in [3.05, 3.63) is 39.9 Å². The van der Waals surface area contributed by atoms with Crippen LogP contribution in [0, 0.1) is 5.82 Å². The average Bonchev–Trinajstić information content (AvgIpc) is 2.74. The van der Waals surface area contributed by atoms with Crippen molar-refractivity contribution >= 4 is 15.9 Å². The Balaban J connectivity index is 2.34. The van der Waals surface area contributed by atoms with Crippen LogP contribution in [0.15, 0.2) is 22.7 Å². The molecule has 0 bridgehead atoms. The van der Waals surface area contributed by atoms with Gasteiger partial charge in [0.05, 0.1) is 10.5 Å². The fourth-order valence-corrected chi connectivity index (χ4v) is 1.55. The average molecular weight is 272 g/mol. The number of halogens is 2. The lowest BCUT2D eigenvalue weighted by Gasteiger charge is -2.07. The summed E-state index contributed by atoms with van der Waals surface area (Å²) in [7, 11) is 0. The van der Waals surface area contributed by atoms with Crippen molar-refractivity contribution in [2.75, 3.05) is 0 Å². The van der Waals surface area contributed by atoms with Gasteiger partial charge in [0.1, 0.15) is 5.82 Å². The lowest BCUT2D eigenvalue weighted by molar-refractivity contribution is 0.619. The molecule has 0 amide bonds. The number of tetrazole rings is 1. The summed E-state index contributed by atoms with van der Waals surface area (Å²) in [6, 6.07) is 4.00. The highest BCUT2D eigenvalue weighted by atomic mass is 79.9. The van der Waals surface area contributed by atoms with Gasteiger partial charge in [0.15, 0.2) is 5.82 Å². The molecule has 2 rings (SSSR count). The number of nitrogens with zero attached hydrogens (tertiary/aromatic N) is 3. The van der Waals surface area contributed by atoms with Crippen molar-refractivity contribution in [1.29, 1.82) is 0 Å². The zero-order valence-electron chi connectivity index (χ0n) is 7.48. The van der Waals surface area contributed by atoms with Crippen LogP contribution in [0.2, 0.25) is 0 Å². The lowest BCUT2D eigenvalue weighted by atomic mass is 10.1. The van der Waals surface area contributed by atoms with Crippen molar-refractivity contribution in [2.45, 2.75) is 6.04 Å². The smallest absolute Gasteiger partial charge is 0.195 e. The second-order valence-corrected chi connectivity index (χ2v) is 3.78. The molecule has 0 aliphatic carbocycles. The SMILES string of the molecule is NC(c1ccc(F)c(Br)c1)c1nn[nH]n1. The summed E-state index contributed by atoms with van der Waals surface area (Å²) < 4.78 is 13.3. The third-order valence-electron chi connectivity index (χ3n) is 1.94. The molecule has 5 nitrogen and oxygen atoms in total. The van der Waals surface area contributed by atoms with Gasteiger partial charge in [-0.15, -0.1) is 10.2 Å². The maximum Gasteiger partial charge on any atom is 0.195 e. The highest BCUT2D eigenvalue weighted by molar-refractivity contribution is 9.10. The first-order chi connectivity index (χ1) is 7.18. The maximum absolute atomic E-state index is 13.0. The van der Waals surface area contributed by atoms with Gasteiger partial charge in [-0.2, -0.15) is 5.21 Å². The van der Waals surface area contributed by atoms with Crippen LogP contribution in [0.3, 0.4) is 0 Å². The molecular weight excluding hydrogens is 265 g/mol. The molecule has 0 saturated carbocycles. The van der Waals surface area contributed by atoms with E-state index in [2.05, 4.69) is 36.6 Å². The number of nitrogens with two attached hydrogens (primary N) is 1. The Kier molecular flexibility index (Phi) is 2.74. The van der Waals surface area contributed by atoms with E-state index in [9.17, 15) is 4.39 Å². The van der Waals surface area contributed by atoms with Gasteiger partial charge in [0.25, 0.3) is 0 Å². The van der Waals surface area contributed by atoms with Crippen LogP contribution in [-0.4, -0.2) is 20.6 Å². The highest BCUT2D eigenvalue weighted by Crippen LogP contribution is 2.22. The molecule has 0 fully saturated rings. The third-order valence-corrected chi connectivity index (χ3v) is 2.55. The van der Waals surface area contributed by atoms with Crippen molar-refractivity contribution in [1.82, 2.24) is 20.6 Å². The number of aromatic amines is 1. The summed E-state index contributed by atoms with van der Waals surface area (Å²) in [5.74, 6) is 0.0348. The summed E-state index contributed by atoms with van der Waals surface area (Å²) in [6.45, 7) is 0. The standard InChI is InChI=1S/C8H7BrFN5/c9-5-3-4(1-2-6(5)10)7(11)8-12-14-15-13-8/h1-3,7H,11H2,(H,12,13,14,15). The number of rotatable bonds is 2. The van der Waals surface area contributed by atoms with E-state index in [0.717, 1.165) is 0 Å². The first kappa shape index (κ1) is 10.2. The van der Waals surface area contributed by atoms with Gasteiger partial charge in [0, 0.05) is 0 Å². The Morgan fingerprint density at radius 3 is 2.87 bits per heavy atom. The van der Waals surface area contributed by atoms with Crippen molar-refractivity contribution in [3.8, 4) is 0 Å². The minimum absolute atomic E-state index is 0.334. The number of hydrogen-bond acceptors (Lipinski definition) is 4. The van der Waals surface area contributed by atoms with Crippen molar-refractivity contribution in [2.24, 2.45) is 5.73 Å². The molecule has 15 heavy (non-hydrogen) atoms. The quantitative estimate of drug-likeness (QED) is 0.859. The van der Waals surface area contributed by atoms with Gasteiger partial charge in [-0.1, -0.05) is 11.3 Å². The number of nitrogens with one attached hydrogen (secondary N) is 1. The van der Waals surface area contributed by atoms with Crippen LogP contribution in [0.4, 0.5) is 4.39 Å². The first-order valence-electron chi connectivity index (χ1n) is 4.12. The lowest BCUT2D eigenvalue weighted by Crippen LogP contribution is -2.13. The van der Waals surface area contributed by atoms with Gasteiger partial charge in [-0.3, -0.25) is 0 Å². The largest absolute Gasteiger partial charge is 0.318 e. The molecule has 0 spiro atoms. The number of H-pyrrole nitrogens is 1. The van der Waals surface area contributed by atoms with E-state index in [0.29, 0.717) is 15.9 Å². The Morgan fingerprint density at radius 1 is 1.47 bits per heavy atom. The van der Waals surface area contributed by atoms with Gasteiger partial charge < -0.3 is 5.73 Å². The topological polar surface area (TPSA) is 80.5 Å². The molecule has 78 valence electrons.